The minimum absolute atomic E-state index is 0.0939. The summed E-state index contributed by atoms with van der Waals surface area (Å²) in [6.07, 6.45) is 1.36. The Kier molecular flexibility index (Phi) is 7.14. The maximum absolute atomic E-state index is 13.0. The zero-order valence-electron chi connectivity index (χ0n) is 18.7. The third-order valence-corrected chi connectivity index (χ3v) is 6.40. The minimum Gasteiger partial charge on any atom is -0.497 e. The Balaban J connectivity index is 1.93. The molecule has 0 bridgehead atoms. The number of benzene rings is 1. The van der Waals surface area contributed by atoms with E-state index >= 15 is 0 Å². The Labute approximate surface area is 189 Å². The molecule has 0 saturated heterocycles. The molecule has 0 radical (unpaired) electrons. The number of carbonyl (C=O) groups is 2. The SMILES string of the molecule is CCN(CC)C(=O)Cn1cnc2sc(C(=O)Nc3ccc(OC)cc3OC)c(C)c2c1=O. The summed E-state index contributed by atoms with van der Waals surface area (Å²) < 4.78 is 11.8. The monoisotopic (exact) mass is 458 g/mol. The van der Waals surface area contributed by atoms with E-state index in [0.717, 1.165) is 11.3 Å². The summed E-state index contributed by atoms with van der Waals surface area (Å²) in [5, 5.41) is 3.16. The maximum atomic E-state index is 13.0. The highest BCUT2D eigenvalue weighted by Crippen LogP contribution is 2.32. The van der Waals surface area contributed by atoms with Gasteiger partial charge in [-0.05, 0) is 38.5 Å². The molecule has 0 unspecified atom stereocenters. The van der Waals surface area contributed by atoms with E-state index in [0.29, 0.717) is 50.9 Å². The van der Waals surface area contributed by atoms with E-state index in [2.05, 4.69) is 10.3 Å². The third kappa shape index (κ3) is 4.45. The molecule has 170 valence electrons. The topological polar surface area (TPSA) is 103 Å². The number of thiophene rings is 1. The number of amides is 2. The summed E-state index contributed by atoms with van der Waals surface area (Å²) in [5.41, 5.74) is 0.660. The number of rotatable bonds is 8. The van der Waals surface area contributed by atoms with Gasteiger partial charge in [0.1, 0.15) is 22.9 Å². The highest BCUT2D eigenvalue weighted by Gasteiger charge is 2.21. The number of nitrogens with zero attached hydrogens (tertiary/aromatic N) is 3. The maximum Gasteiger partial charge on any atom is 0.266 e. The lowest BCUT2D eigenvalue weighted by atomic mass is 10.2. The Hall–Kier alpha value is -3.40. The van der Waals surface area contributed by atoms with Crippen LogP contribution in [0.2, 0.25) is 0 Å². The Morgan fingerprint density at radius 3 is 2.53 bits per heavy atom. The first-order valence-electron chi connectivity index (χ1n) is 10.1. The van der Waals surface area contributed by atoms with Crippen LogP contribution in [-0.2, 0) is 11.3 Å². The summed E-state index contributed by atoms with van der Waals surface area (Å²) >= 11 is 1.13. The Morgan fingerprint density at radius 2 is 1.91 bits per heavy atom. The van der Waals surface area contributed by atoms with Crippen molar-refractivity contribution in [1.29, 1.82) is 0 Å². The summed E-state index contributed by atoms with van der Waals surface area (Å²) in [6, 6.07) is 5.06. The highest BCUT2D eigenvalue weighted by molar-refractivity contribution is 7.20. The molecule has 2 aromatic heterocycles. The summed E-state index contributed by atoms with van der Waals surface area (Å²) in [4.78, 5) is 45.2. The van der Waals surface area contributed by atoms with Crippen molar-refractivity contribution in [1.82, 2.24) is 14.5 Å². The fourth-order valence-electron chi connectivity index (χ4n) is 3.39. The largest absolute Gasteiger partial charge is 0.497 e. The Bertz CT molecular complexity index is 1210. The van der Waals surface area contributed by atoms with Crippen LogP contribution in [0, 0.1) is 6.92 Å². The van der Waals surface area contributed by atoms with Crippen molar-refractivity contribution in [2.75, 3.05) is 32.6 Å². The van der Waals surface area contributed by atoms with Crippen LogP contribution in [0.4, 0.5) is 5.69 Å². The van der Waals surface area contributed by atoms with Crippen LogP contribution in [0.25, 0.3) is 10.2 Å². The van der Waals surface area contributed by atoms with E-state index in [-0.39, 0.29) is 23.9 Å². The third-order valence-electron chi connectivity index (χ3n) is 5.20. The molecule has 2 amide bonds. The van der Waals surface area contributed by atoms with Gasteiger partial charge in [0.2, 0.25) is 5.91 Å². The number of likely N-dealkylation sites (N-methyl/N-ethyl adjacent to an activating group) is 1. The van der Waals surface area contributed by atoms with Gasteiger partial charge in [-0.3, -0.25) is 19.0 Å². The van der Waals surface area contributed by atoms with Gasteiger partial charge in [-0.25, -0.2) is 4.98 Å². The number of aromatic nitrogens is 2. The first-order chi connectivity index (χ1) is 15.3. The molecule has 0 aliphatic carbocycles. The molecule has 0 saturated carbocycles. The van der Waals surface area contributed by atoms with Crippen LogP contribution in [0.15, 0.2) is 29.3 Å². The fraction of sp³-hybridized carbons (Fsp3) is 0.364. The van der Waals surface area contributed by atoms with Gasteiger partial charge in [-0.2, -0.15) is 0 Å². The molecule has 9 nitrogen and oxygen atoms in total. The lowest BCUT2D eigenvalue weighted by Gasteiger charge is -2.18. The molecule has 0 atom stereocenters. The molecule has 0 aliphatic heterocycles. The number of nitrogens with one attached hydrogen (secondary N) is 1. The quantitative estimate of drug-likeness (QED) is 0.557. The van der Waals surface area contributed by atoms with E-state index in [1.165, 1.54) is 18.0 Å². The summed E-state index contributed by atoms with van der Waals surface area (Å²) in [6.45, 7) is 6.52. The van der Waals surface area contributed by atoms with Crippen molar-refractivity contribution in [3.8, 4) is 11.5 Å². The van der Waals surface area contributed by atoms with Crippen LogP contribution < -0.4 is 20.3 Å². The second kappa shape index (κ2) is 9.82. The van der Waals surface area contributed by atoms with E-state index in [1.807, 2.05) is 13.8 Å². The van der Waals surface area contributed by atoms with E-state index in [9.17, 15) is 14.4 Å². The first-order valence-corrected chi connectivity index (χ1v) is 11.0. The predicted octanol–water partition coefficient (Wildman–Crippen LogP) is 2.90. The lowest BCUT2D eigenvalue weighted by Crippen LogP contribution is -2.36. The smallest absolute Gasteiger partial charge is 0.266 e. The number of aryl methyl sites for hydroxylation is 1. The van der Waals surface area contributed by atoms with Gasteiger partial charge >= 0.3 is 0 Å². The van der Waals surface area contributed by atoms with E-state index < -0.39 is 0 Å². The fourth-order valence-corrected chi connectivity index (χ4v) is 4.43. The van der Waals surface area contributed by atoms with Crippen LogP contribution in [0.3, 0.4) is 0 Å². The van der Waals surface area contributed by atoms with Crippen LogP contribution in [-0.4, -0.2) is 53.6 Å². The standard InChI is InChI=1S/C22H26N4O5S/c1-6-25(7-2)17(27)11-26-12-23-21-18(22(26)29)13(3)19(32-21)20(28)24-15-9-8-14(30-4)10-16(15)31-5/h8-10,12H,6-7,11H2,1-5H3,(H,24,28). The van der Waals surface area contributed by atoms with Crippen molar-refractivity contribution >= 4 is 39.1 Å². The molecule has 3 aromatic rings. The second-order valence-corrected chi connectivity index (χ2v) is 8.00. The number of carbonyl (C=O) groups excluding carboxylic acids is 2. The number of anilines is 1. The van der Waals surface area contributed by atoms with Gasteiger partial charge in [-0.15, -0.1) is 11.3 Å². The van der Waals surface area contributed by atoms with E-state index in [1.54, 1.807) is 37.1 Å². The molecule has 0 spiro atoms. The number of hydrogen-bond acceptors (Lipinski definition) is 7. The number of fused-ring (bicyclic) bond motifs is 1. The predicted molar refractivity (Wildman–Crippen MR) is 124 cm³/mol. The van der Waals surface area contributed by atoms with Gasteiger partial charge in [0.15, 0.2) is 0 Å². The van der Waals surface area contributed by atoms with Crippen molar-refractivity contribution < 1.29 is 19.1 Å². The molecular formula is C22H26N4O5S. The second-order valence-electron chi connectivity index (χ2n) is 7.00. The van der Waals surface area contributed by atoms with Crippen molar-refractivity contribution in [3.05, 3.63) is 45.3 Å². The molecule has 0 fully saturated rings. The first kappa shape index (κ1) is 23.3. The molecule has 10 heteroatoms. The Morgan fingerprint density at radius 1 is 1.19 bits per heavy atom. The van der Waals surface area contributed by atoms with Crippen molar-refractivity contribution in [3.63, 3.8) is 0 Å². The van der Waals surface area contributed by atoms with Gasteiger partial charge in [-0.1, -0.05) is 0 Å². The highest BCUT2D eigenvalue weighted by atomic mass is 32.1. The number of methoxy groups -OCH3 is 2. The van der Waals surface area contributed by atoms with Crippen LogP contribution in [0.5, 0.6) is 11.5 Å². The van der Waals surface area contributed by atoms with Crippen LogP contribution >= 0.6 is 11.3 Å². The summed E-state index contributed by atoms with van der Waals surface area (Å²) in [7, 11) is 3.05. The molecule has 2 heterocycles. The average Bonchev–Trinajstić information content (AvgIpc) is 3.14. The minimum atomic E-state index is -0.376. The lowest BCUT2D eigenvalue weighted by molar-refractivity contribution is -0.131. The van der Waals surface area contributed by atoms with Gasteiger partial charge in [0.05, 0.1) is 36.5 Å². The number of ether oxygens (including phenoxy) is 2. The van der Waals surface area contributed by atoms with Gasteiger partial charge in [0, 0.05) is 19.2 Å². The van der Waals surface area contributed by atoms with E-state index in [4.69, 9.17) is 9.47 Å². The molecule has 32 heavy (non-hydrogen) atoms. The molecule has 0 aliphatic rings. The van der Waals surface area contributed by atoms with Crippen molar-refractivity contribution in [2.45, 2.75) is 27.3 Å². The zero-order chi connectivity index (χ0) is 23.4. The zero-order valence-corrected chi connectivity index (χ0v) is 19.5. The van der Waals surface area contributed by atoms with Crippen LogP contribution in [0.1, 0.15) is 29.1 Å². The molecule has 3 rings (SSSR count). The molecular weight excluding hydrogens is 432 g/mol. The molecule has 1 N–H and O–H groups in total. The molecule has 1 aromatic carbocycles. The normalized spacial score (nSPS) is 10.8. The summed E-state index contributed by atoms with van der Waals surface area (Å²) in [5.74, 6) is 0.517. The average molecular weight is 459 g/mol. The number of hydrogen-bond donors (Lipinski definition) is 1. The van der Waals surface area contributed by atoms with Gasteiger partial charge in [0.25, 0.3) is 11.5 Å². The van der Waals surface area contributed by atoms with Crippen molar-refractivity contribution in [2.24, 2.45) is 0 Å². The van der Waals surface area contributed by atoms with Gasteiger partial charge < -0.3 is 19.7 Å².